The van der Waals surface area contributed by atoms with E-state index in [-0.39, 0.29) is 12.2 Å². The topological polar surface area (TPSA) is 96.9 Å². The van der Waals surface area contributed by atoms with E-state index in [9.17, 15) is 9.59 Å². The number of thiazole rings is 1. The smallest absolute Gasteiger partial charge is 0.338 e. The van der Waals surface area contributed by atoms with Gasteiger partial charge in [0.1, 0.15) is 17.2 Å². The predicted octanol–water partition coefficient (Wildman–Crippen LogP) is 5.45. The summed E-state index contributed by atoms with van der Waals surface area (Å²) < 4.78 is 20.4. The van der Waals surface area contributed by atoms with Crippen molar-refractivity contribution in [3.05, 3.63) is 127 Å². The van der Waals surface area contributed by atoms with Crippen molar-refractivity contribution in [3.8, 4) is 28.4 Å². The van der Waals surface area contributed by atoms with Crippen LogP contribution < -0.4 is 24.4 Å². The number of ether oxygens (including phenoxy) is 3. The van der Waals surface area contributed by atoms with Crippen LogP contribution >= 0.6 is 11.3 Å². The van der Waals surface area contributed by atoms with Crippen molar-refractivity contribution >= 4 is 23.4 Å². The molecule has 5 aromatic rings. The summed E-state index contributed by atoms with van der Waals surface area (Å²) in [5, 5.41) is 4.93. The van der Waals surface area contributed by atoms with Gasteiger partial charge >= 0.3 is 5.97 Å². The van der Waals surface area contributed by atoms with Crippen LogP contribution in [0.3, 0.4) is 0 Å². The van der Waals surface area contributed by atoms with Gasteiger partial charge < -0.3 is 14.2 Å². The minimum absolute atomic E-state index is 0.204. The first-order valence-corrected chi connectivity index (χ1v) is 16.0. The highest BCUT2D eigenvalue weighted by Gasteiger charge is 2.33. The molecule has 1 aliphatic heterocycles. The second-order valence-electron chi connectivity index (χ2n) is 10.7. The fourth-order valence-corrected chi connectivity index (χ4v) is 6.43. The number of hydrogen-bond donors (Lipinski definition) is 0. The highest BCUT2D eigenvalue weighted by atomic mass is 32.1. The molecule has 0 N–H and O–H groups in total. The summed E-state index contributed by atoms with van der Waals surface area (Å²) in [6, 6.07) is 24.2. The largest absolute Gasteiger partial charge is 0.497 e. The second-order valence-corrected chi connectivity index (χ2v) is 11.7. The second kappa shape index (κ2) is 13.4. The van der Waals surface area contributed by atoms with Gasteiger partial charge in [0.15, 0.2) is 4.80 Å². The molecular weight excluding hydrogens is 600 g/mol. The molecular formula is C36H34N4O5S. The number of allylic oxidation sites excluding steroid dienone is 1. The van der Waals surface area contributed by atoms with E-state index in [1.807, 2.05) is 95.8 Å². The van der Waals surface area contributed by atoms with E-state index in [0.717, 1.165) is 34.5 Å². The van der Waals surface area contributed by atoms with Crippen molar-refractivity contribution in [1.82, 2.24) is 14.3 Å². The standard InChI is InChI=1S/C36H34N4O5S/c1-5-20-45-29-18-12-24(13-19-29)32-26(22-39(38-32)27-10-8-7-9-11-27)21-30-34(41)40-33(25-14-16-28(43-4)17-15-25)31(35(42)44-6-2)23(3)37-36(40)46-30/h7-19,21-22,33H,5-6,20H2,1-4H3/b30-21+/t33-/m0/s1. The number of para-hydroxylation sites is 1. The molecule has 9 nitrogen and oxygen atoms in total. The normalized spacial score (nSPS) is 14.5. The Kier molecular flexibility index (Phi) is 8.98. The Morgan fingerprint density at radius 1 is 0.978 bits per heavy atom. The van der Waals surface area contributed by atoms with Gasteiger partial charge in [0.25, 0.3) is 5.56 Å². The minimum atomic E-state index is -0.717. The van der Waals surface area contributed by atoms with Gasteiger partial charge in [-0.3, -0.25) is 9.36 Å². The highest BCUT2D eigenvalue weighted by molar-refractivity contribution is 7.07. The summed E-state index contributed by atoms with van der Waals surface area (Å²) in [4.78, 5) is 32.7. The fraction of sp³-hybridized carbons (Fsp3) is 0.222. The Balaban J connectivity index is 1.51. The lowest BCUT2D eigenvalue weighted by atomic mass is 9.96. The Labute approximate surface area is 270 Å². The van der Waals surface area contributed by atoms with E-state index >= 15 is 0 Å². The number of fused-ring (bicyclic) bond motifs is 1. The highest BCUT2D eigenvalue weighted by Crippen LogP contribution is 2.32. The van der Waals surface area contributed by atoms with Crippen molar-refractivity contribution in [2.24, 2.45) is 4.99 Å². The number of hydrogen-bond acceptors (Lipinski definition) is 8. The summed E-state index contributed by atoms with van der Waals surface area (Å²) >= 11 is 1.27. The average Bonchev–Trinajstić information content (AvgIpc) is 3.64. The Morgan fingerprint density at radius 2 is 1.70 bits per heavy atom. The van der Waals surface area contributed by atoms with E-state index in [1.54, 1.807) is 25.5 Å². The lowest BCUT2D eigenvalue weighted by Crippen LogP contribution is -2.39. The van der Waals surface area contributed by atoms with E-state index in [1.165, 1.54) is 11.3 Å². The van der Waals surface area contributed by atoms with Crippen LogP contribution in [0.5, 0.6) is 11.5 Å². The molecule has 0 saturated carbocycles. The first kappa shape index (κ1) is 30.8. The molecule has 0 saturated heterocycles. The van der Waals surface area contributed by atoms with E-state index < -0.39 is 12.0 Å². The number of carbonyl (C=O) groups is 1. The summed E-state index contributed by atoms with van der Waals surface area (Å²) in [5.41, 5.74) is 4.57. The zero-order valence-electron chi connectivity index (χ0n) is 26.1. The molecule has 0 aliphatic carbocycles. The maximum absolute atomic E-state index is 14.3. The summed E-state index contributed by atoms with van der Waals surface area (Å²) in [5.74, 6) is 0.952. The quantitative estimate of drug-likeness (QED) is 0.190. The third-order valence-corrected chi connectivity index (χ3v) is 8.58. The number of benzene rings is 3. The molecule has 46 heavy (non-hydrogen) atoms. The lowest BCUT2D eigenvalue weighted by Gasteiger charge is -2.24. The van der Waals surface area contributed by atoms with Crippen molar-refractivity contribution in [1.29, 1.82) is 0 Å². The van der Waals surface area contributed by atoms with Crippen LogP contribution in [0.2, 0.25) is 0 Å². The number of esters is 1. The van der Waals surface area contributed by atoms with Gasteiger partial charge in [-0.05, 0) is 80.4 Å². The number of rotatable bonds is 10. The van der Waals surface area contributed by atoms with E-state index in [2.05, 4.69) is 6.92 Å². The lowest BCUT2D eigenvalue weighted by molar-refractivity contribution is -0.139. The van der Waals surface area contributed by atoms with Crippen LogP contribution in [-0.4, -0.2) is 40.6 Å². The SMILES string of the molecule is CCCOc1ccc(-c2nn(-c3ccccc3)cc2/C=c2/sc3n(c2=O)[C@@H](c2ccc(OC)cc2)C(C(=O)OCC)=C(C)N=3)cc1. The molecule has 0 bridgehead atoms. The Bertz CT molecular complexity index is 2080. The van der Waals surface area contributed by atoms with Gasteiger partial charge in [0, 0.05) is 17.3 Å². The van der Waals surface area contributed by atoms with Gasteiger partial charge in [-0.1, -0.05) is 48.6 Å². The van der Waals surface area contributed by atoms with Gasteiger partial charge in [0.05, 0.1) is 47.9 Å². The van der Waals surface area contributed by atoms with Crippen molar-refractivity contribution in [2.75, 3.05) is 20.3 Å². The fourth-order valence-electron chi connectivity index (χ4n) is 5.39. The molecule has 0 spiro atoms. The maximum Gasteiger partial charge on any atom is 0.338 e. The molecule has 0 unspecified atom stereocenters. The molecule has 0 fully saturated rings. The molecule has 6 rings (SSSR count). The molecule has 2 aromatic heterocycles. The van der Waals surface area contributed by atoms with Crippen LogP contribution in [0.15, 0.2) is 106 Å². The summed E-state index contributed by atoms with van der Waals surface area (Å²) in [6.45, 7) is 6.44. The van der Waals surface area contributed by atoms with E-state index in [4.69, 9.17) is 24.3 Å². The van der Waals surface area contributed by atoms with Crippen LogP contribution in [0.25, 0.3) is 23.0 Å². The van der Waals surface area contributed by atoms with Crippen molar-refractivity contribution < 1.29 is 19.0 Å². The third-order valence-electron chi connectivity index (χ3n) is 7.60. The summed E-state index contributed by atoms with van der Waals surface area (Å²) in [6.07, 6.45) is 4.69. The monoisotopic (exact) mass is 634 g/mol. The molecule has 0 amide bonds. The zero-order valence-corrected chi connectivity index (χ0v) is 26.9. The predicted molar refractivity (Wildman–Crippen MR) is 178 cm³/mol. The third kappa shape index (κ3) is 6.03. The molecule has 234 valence electrons. The number of nitrogens with zero attached hydrogens (tertiary/aromatic N) is 4. The zero-order chi connectivity index (χ0) is 32.2. The van der Waals surface area contributed by atoms with Gasteiger partial charge in [-0.15, -0.1) is 0 Å². The van der Waals surface area contributed by atoms with Crippen LogP contribution in [-0.2, 0) is 9.53 Å². The first-order valence-electron chi connectivity index (χ1n) is 15.1. The van der Waals surface area contributed by atoms with Gasteiger partial charge in [-0.2, -0.15) is 5.10 Å². The van der Waals surface area contributed by atoms with Crippen LogP contribution in [0.4, 0.5) is 0 Å². The van der Waals surface area contributed by atoms with Gasteiger partial charge in [-0.25, -0.2) is 14.5 Å². The number of methoxy groups -OCH3 is 1. The summed E-state index contributed by atoms with van der Waals surface area (Å²) in [7, 11) is 1.59. The van der Waals surface area contributed by atoms with Crippen molar-refractivity contribution in [3.63, 3.8) is 0 Å². The number of aromatic nitrogens is 3. The molecule has 0 radical (unpaired) electrons. The van der Waals surface area contributed by atoms with Gasteiger partial charge in [0.2, 0.25) is 0 Å². The van der Waals surface area contributed by atoms with Crippen LogP contribution in [0.1, 0.15) is 44.4 Å². The average molecular weight is 635 g/mol. The van der Waals surface area contributed by atoms with E-state index in [0.29, 0.717) is 38.7 Å². The van der Waals surface area contributed by atoms with Crippen molar-refractivity contribution in [2.45, 2.75) is 33.2 Å². The molecule has 1 aliphatic rings. The molecule has 3 aromatic carbocycles. The molecule has 3 heterocycles. The van der Waals surface area contributed by atoms with Crippen LogP contribution in [0, 0.1) is 0 Å². The number of carbonyl (C=O) groups excluding carboxylic acids is 1. The first-order chi connectivity index (χ1) is 22.4. The maximum atomic E-state index is 14.3. The molecule has 1 atom stereocenters. The minimum Gasteiger partial charge on any atom is -0.497 e. The Morgan fingerprint density at radius 3 is 2.37 bits per heavy atom. The molecule has 10 heteroatoms. The Hall–Kier alpha value is -5.22.